The molecule has 0 aliphatic rings. The Kier molecular flexibility index (Phi) is 4.10. The molecule has 0 bridgehead atoms. The summed E-state index contributed by atoms with van der Waals surface area (Å²) in [6.07, 6.45) is 0. The lowest BCUT2D eigenvalue weighted by Crippen LogP contribution is -2.14. The number of hydrogen-bond acceptors (Lipinski definition) is 4. The summed E-state index contributed by atoms with van der Waals surface area (Å²) >= 11 is 0. The van der Waals surface area contributed by atoms with Crippen LogP contribution in [-0.2, 0) is 10.0 Å². The molecule has 0 fully saturated rings. The molecule has 3 aromatic carbocycles. The number of aromatic carboxylic acids is 1. The number of aromatic hydroxyl groups is 1. The van der Waals surface area contributed by atoms with Crippen molar-refractivity contribution in [1.29, 1.82) is 0 Å². The Hall–Kier alpha value is -3.06. The highest BCUT2D eigenvalue weighted by atomic mass is 32.2. The van der Waals surface area contributed by atoms with Gasteiger partial charge >= 0.3 is 5.97 Å². The van der Waals surface area contributed by atoms with Crippen LogP contribution in [0.15, 0.2) is 59.5 Å². The number of phenols is 1. The minimum atomic E-state index is -3.94. The Morgan fingerprint density at radius 1 is 1.00 bits per heavy atom. The summed E-state index contributed by atoms with van der Waals surface area (Å²) in [5.74, 6) is -1.78. The Morgan fingerprint density at radius 2 is 1.68 bits per heavy atom. The number of hydrogen-bond donors (Lipinski definition) is 3. The third-order valence-electron chi connectivity index (χ3n) is 3.87. The molecular weight excluding hydrogens is 342 g/mol. The van der Waals surface area contributed by atoms with Crippen molar-refractivity contribution >= 4 is 32.5 Å². The van der Waals surface area contributed by atoms with Crippen LogP contribution in [0, 0.1) is 6.92 Å². The predicted octanol–water partition coefficient (Wildman–Crippen LogP) is 3.35. The quantitative estimate of drug-likeness (QED) is 0.621. The van der Waals surface area contributed by atoms with E-state index in [0.717, 1.165) is 23.1 Å². The number of anilines is 1. The van der Waals surface area contributed by atoms with E-state index in [4.69, 9.17) is 5.11 Å². The Labute approximate surface area is 144 Å². The average Bonchev–Trinajstić information content (AvgIpc) is 2.56. The van der Waals surface area contributed by atoms with Crippen molar-refractivity contribution < 1.29 is 23.4 Å². The van der Waals surface area contributed by atoms with Gasteiger partial charge in [-0.15, -0.1) is 0 Å². The zero-order valence-electron chi connectivity index (χ0n) is 13.2. The molecule has 25 heavy (non-hydrogen) atoms. The molecule has 0 aliphatic carbocycles. The number of fused-ring (bicyclic) bond motifs is 1. The molecule has 7 heteroatoms. The number of nitrogens with one attached hydrogen (secondary N) is 1. The molecule has 0 amide bonds. The third-order valence-corrected chi connectivity index (χ3v) is 5.31. The highest BCUT2D eigenvalue weighted by Crippen LogP contribution is 2.28. The van der Waals surface area contributed by atoms with E-state index in [1.165, 1.54) is 12.1 Å². The van der Waals surface area contributed by atoms with Crippen molar-refractivity contribution in [3.63, 3.8) is 0 Å². The maximum atomic E-state index is 12.8. The normalized spacial score (nSPS) is 11.4. The zero-order chi connectivity index (χ0) is 18.2. The molecule has 0 aromatic heterocycles. The van der Waals surface area contributed by atoms with Crippen LogP contribution >= 0.6 is 0 Å². The number of carbonyl (C=O) groups is 1. The van der Waals surface area contributed by atoms with Crippen LogP contribution in [0.2, 0.25) is 0 Å². The molecule has 128 valence electrons. The van der Waals surface area contributed by atoms with Crippen LogP contribution in [-0.4, -0.2) is 24.6 Å². The second-order valence-corrected chi connectivity index (χ2v) is 7.22. The van der Waals surface area contributed by atoms with Crippen molar-refractivity contribution in [1.82, 2.24) is 0 Å². The Morgan fingerprint density at radius 3 is 2.36 bits per heavy atom. The first-order valence-corrected chi connectivity index (χ1v) is 8.85. The summed E-state index contributed by atoms with van der Waals surface area (Å²) in [6, 6.07) is 13.9. The summed E-state index contributed by atoms with van der Waals surface area (Å²) in [5, 5.41) is 20.0. The van der Waals surface area contributed by atoms with Crippen molar-refractivity contribution in [2.45, 2.75) is 11.8 Å². The van der Waals surface area contributed by atoms with E-state index in [1.807, 2.05) is 19.1 Å². The van der Waals surface area contributed by atoms with E-state index in [-0.39, 0.29) is 16.1 Å². The van der Waals surface area contributed by atoms with E-state index < -0.39 is 21.7 Å². The Bertz CT molecular complexity index is 1090. The monoisotopic (exact) mass is 357 g/mol. The zero-order valence-corrected chi connectivity index (χ0v) is 14.0. The van der Waals surface area contributed by atoms with Crippen LogP contribution in [0.25, 0.3) is 10.8 Å². The summed E-state index contributed by atoms with van der Waals surface area (Å²) < 4.78 is 27.9. The van der Waals surface area contributed by atoms with Gasteiger partial charge in [0.05, 0.1) is 4.90 Å². The van der Waals surface area contributed by atoms with E-state index in [2.05, 4.69) is 4.72 Å². The van der Waals surface area contributed by atoms with Crippen LogP contribution in [0.1, 0.15) is 15.9 Å². The van der Waals surface area contributed by atoms with E-state index in [1.54, 1.807) is 18.2 Å². The van der Waals surface area contributed by atoms with Gasteiger partial charge in [-0.2, -0.15) is 0 Å². The van der Waals surface area contributed by atoms with E-state index >= 15 is 0 Å². The fourth-order valence-corrected chi connectivity index (χ4v) is 3.90. The van der Waals surface area contributed by atoms with Gasteiger partial charge in [-0.3, -0.25) is 4.72 Å². The SMILES string of the molecule is Cc1ccc(S(=O)(=O)Nc2ccc(O)c(C(=O)O)c2)c2ccccc12. The van der Waals surface area contributed by atoms with Crippen LogP contribution in [0.3, 0.4) is 0 Å². The van der Waals surface area contributed by atoms with Crippen molar-refractivity contribution in [2.24, 2.45) is 0 Å². The molecule has 0 atom stereocenters. The van der Waals surface area contributed by atoms with E-state index in [9.17, 15) is 18.3 Å². The molecule has 0 spiro atoms. The maximum absolute atomic E-state index is 12.8. The minimum absolute atomic E-state index is 0.0554. The van der Waals surface area contributed by atoms with E-state index in [0.29, 0.717) is 5.39 Å². The number of carboxylic acids is 1. The van der Waals surface area contributed by atoms with Gasteiger partial charge in [0.25, 0.3) is 10.0 Å². The second-order valence-electron chi connectivity index (χ2n) is 5.57. The molecule has 0 saturated heterocycles. The van der Waals surface area contributed by atoms with Gasteiger partial charge in [-0.25, -0.2) is 13.2 Å². The topological polar surface area (TPSA) is 104 Å². The average molecular weight is 357 g/mol. The number of aryl methyl sites for hydroxylation is 1. The summed E-state index contributed by atoms with van der Waals surface area (Å²) in [7, 11) is -3.94. The van der Waals surface area contributed by atoms with Crippen LogP contribution in [0.4, 0.5) is 5.69 Å². The molecular formula is C18H15NO5S. The first-order valence-electron chi connectivity index (χ1n) is 7.37. The smallest absolute Gasteiger partial charge is 0.339 e. The van der Waals surface area contributed by atoms with Gasteiger partial charge in [-0.1, -0.05) is 30.3 Å². The minimum Gasteiger partial charge on any atom is -0.507 e. The van der Waals surface area contributed by atoms with Crippen molar-refractivity contribution in [3.05, 3.63) is 65.7 Å². The molecule has 0 unspecified atom stereocenters. The van der Waals surface area contributed by atoms with Gasteiger partial charge in [0, 0.05) is 11.1 Å². The molecule has 0 saturated carbocycles. The first-order chi connectivity index (χ1) is 11.8. The van der Waals surface area contributed by atoms with Crippen LogP contribution in [0.5, 0.6) is 5.75 Å². The Balaban J connectivity index is 2.08. The summed E-state index contributed by atoms with van der Waals surface area (Å²) in [5.41, 5.74) is 0.626. The molecule has 0 aliphatic heterocycles. The molecule has 0 heterocycles. The van der Waals surface area contributed by atoms with Crippen molar-refractivity contribution in [3.8, 4) is 5.75 Å². The lowest BCUT2D eigenvalue weighted by Gasteiger charge is -2.12. The number of benzene rings is 3. The van der Waals surface area contributed by atoms with Gasteiger partial charge in [0.1, 0.15) is 11.3 Å². The highest BCUT2D eigenvalue weighted by Gasteiger charge is 2.19. The molecule has 3 N–H and O–H groups in total. The van der Waals surface area contributed by atoms with Gasteiger partial charge in [-0.05, 0) is 42.1 Å². The van der Waals surface area contributed by atoms with Crippen molar-refractivity contribution in [2.75, 3.05) is 4.72 Å². The number of sulfonamides is 1. The maximum Gasteiger partial charge on any atom is 0.339 e. The van der Waals surface area contributed by atoms with Crippen LogP contribution < -0.4 is 4.72 Å². The lowest BCUT2D eigenvalue weighted by atomic mass is 10.1. The summed E-state index contributed by atoms with van der Waals surface area (Å²) in [4.78, 5) is 11.2. The lowest BCUT2D eigenvalue weighted by molar-refractivity contribution is 0.0693. The second kappa shape index (κ2) is 6.10. The standard InChI is InChI=1S/C18H15NO5S/c1-11-6-9-17(14-5-3-2-4-13(11)14)25(23,24)19-12-7-8-16(20)15(10-12)18(21)22/h2-10,19-20H,1H3,(H,21,22). The molecule has 3 rings (SSSR count). The predicted molar refractivity (Wildman–Crippen MR) is 94.6 cm³/mol. The van der Waals surface area contributed by atoms with Gasteiger partial charge in [0.2, 0.25) is 0 Å². The molecule has 3 aromatic rings. The molecule has 6 nitrogen and oxygen atoms in total. The van der Waals surface area contributed by atoms with Gasteiger partial charge in [0.15, 0.2) is 0 Å². The highest BCUT2D eigenvalue weighted by molar-refractivity contribution is 7.93. The number of rotatable bonds is 4. The third kappa shape index (κ3) is 3.14. The largest absolute Gasteiger partial charge is 0.507 e. The molecule has 0 radical (unpaired) electrons. The summed E-state index contributed by atoms with van der Waals surface area (Å²) in [6.45, 7) is 1.89. The number of carboxylic acid groups (broad SMARTS) is 1. The first kappa shape index (κ1) is 16.8. The fourth-order valence-electron chi connectivity index (χ4n) is 2.64. The van der Waals surface area contributed by atoms with Gasteiger partial charge < -0.3 is 10.2 Å². The fraction of sp³-hybridized carbons (Fsp3) is 0.0556.